The molecule has 5 heteroatoms. The molecule has 4 nitrogen and oxygen atoms in total. The Balaban J connectivity index is 1.78. The van der Waals surface area contributed by atoms with Gasteiger partial charge in [-0.2, -0.15) is 0 Å². The van der Waals surface area contributed by atoms with Gasteiger partial charge in [0.15, 0.2) is 0 Å². The van der Waals surface area contributed by atoms with Crippen molar-refractivity contribution in [1.82, 2.24) is 4.90 Å². The summed E-state index contributed by atoms with van der Waals surface area (Å²) in [5.41, 5.74) is -1.09. The molecule has 1 saturated carbocycles. The van der Waals surface area contributed by atoms with E-state index in [2.05, 4.69) is 0 Å². The third kappa shape index (κ3) is 3.91. The highest BCUT2D eigenvalue weighted by Gasteiger charge is 2.36. The second-order valence-electron chi connectivity index (χ2n) is 7.13. The molecule has 0 amide bonds. The standard InChI is InChI=1S/C15H28FNO3/c1-15(2,16)11-5-3-10(4-6-11)7-17-8-12(18)14(20)13(19)9-17/h10-14,18-20H,3-9H2,1-2H3/t10-,11-,12-,13+,14+. The van der Waals surface area contributed by atoms with E-state index < -0.39 is 24.0 Å². The summed E-state index contributed by atoms with van der Waals surface area (Å²) < 4.78 is 13.9. The summed E-state index contributed by atoms with van der Waals surface area (Å²) in [5, 5.41) is 28.9. The summed E-state index contributed by atoms with van der Waals surface area (Å²) in [6, 6.07) is 0. The highest BCUT2D eigenvalue weighted by molar-refractivity contribution is 4.89. The summed E-state index contributed by atoms with van der Waals surface area (Å²) in [6.07, 6.45) is 1.05. The van der Waals surface area contributed by atoms with Crippen LogP contribution in [0.5, 0.6) is 0 Å². The van der Waals surface area contributed by atoms with Gasteiger partial charge in [0.2, 0.25) is 0 Å². The number of alkyl halides is 1. The van der Waals surface area contributed by atoms with Crippen LogP contribution in [0.4, 0.5) is 4.39 Å². The third-order valence-corrected chi connectivity index (χ3v) is 5.01. The van der Waals surface area contributed by atoms with Crippen molar-refractivity contribution in [2.75, 3.05) is 19.6 Å². The number of nitrogens with zero attached hydrogens (tertiary/aromatic N) is 1. The molecule has 2 fully saturated rings. The predicted molar refractivity (Wildman–Crippen MR) is 75.1 cm³/mol. The van der Waals surface area contributed by atoms with Crippen LogP contribution in [0, 0.1) is 11.8 Å². The number of hydrogen-bond donors (Lipinski definition) is 3. The minimum atomic E-state index is -1.09. The van der Waals surface area contributed by atoms with Crippen LogP contribution in [0.3, 0.4) is 0 Å². The van der Waals surface area contributed by atoms with Crippen LogP contribution in [0.15, 0.2) is 0 Å². The second-order valence-corrected chi connectivity index (χ2v) is 7.13. The van der Waals surface area contributed by atoms with E-state index in [-0.39, 0.29) is 5.92 Å². The summed E-state index contributed by atoms with van der Waals surface area (Å²) in [5.74, 6) is 0.654. The molecule has 1 saturated heterocycles. The smallest absolute Gasteiger partial charge is 0.108 e. The van der Waals surface area contributed by atoms with E-state index in [0.29, 0.717) is 19.0 Å². The lowest BCUT2D eigenvalue weighted by atomic mass is 9.75. The SMILES string of the molecule is CC(C)(F)[C@H]1CC[C@H](CN2C[C@@H](O)[C@H](O)[C@@H](O)C2)CC1. The molecule has 2 rings (SSSR count). The van der Waals surface area contributed by atoms with E-state index in [1.807, 2.05) is 4.90 Å². The fourth-order valence-corrected chi connectivity index (χ4v) is 3.62. The number of likely N-dealkylation sites (tertiary alicyclic amines) is 1. The largest absolute Gasteiger partial charge is 0.389 e. The number of β-amino-alcohol motifs (C(OH)–C–C–N with tert-alkyl or cyclic N) is 2. The van der Waals surface area contributed by atoms with E-state index in [4.69, 9.17) is 0 Å². The number of piperidine rings is 1. The second kappa shape index (κ2) is 6.26. The van der Waals surface area contributed by atoms with E-state index in [1.165, 1.54) is 0 Å². The van der Waals surface area contributed by atoms with Crippen molar-refractivity contribution in [2.45, 2.75) is 63.5 Å². The lowest BCUT2D eigenvalue weighted by Gasteiger charge is -2.40. The highest BCUT2D eigenvalue weighted by Crippen LogP contribution is 2.37. The van der Waals surface area contributed by atoms with E-state index >= 15 is 0 Å². The number of aliphatic hydroxyl groups is 3. The Morgan fingerprint density at radius 2 is 1.50 bits per heavy atom. The van der Waals surface area contributed by atoms with Crippen LogP contribution in [-0.2, 0) is 0 Å². The first-order chi connectivity index (χ1) is 9.27. The van der Waals surface area contributed by atoms with Gasteiger partial charge < -0.3 is 15.3 Å². The molecule has 0 unspecified atom stereocenters. The molecule has 20 heavy (non-hydrogen) atoms. The zero-order valence-corrected chi connectivity index (χ0v) is 12.5. The lowest BCUT2D eigenvalue weighted by molar-refractivity contribution is -0.112. The monoisotopic (exact) mass is 289 g/mol. The Morgan fingerprint density at radius 3 is 1.95 bits per heavy atom. The number of hydrogen-bond acceptors (Lipinski definition) is 4. The van der Waals surface area contributed by atoms with Crippen molar-refractivity contribution < 1.29 is 19.7 Å². The molecule has 1 heterocycles. The molecule has 1 aliphatic heterocycles. The summed E-state index contributed by atoms with van der Waals surface area (Å²) >= 11 is 0. The van der Waals surface area contributed by atoms with Crippen LogP contribution in [0.1, 0.15) is 39.5 Å². The maximum atomic E-state index is 13.9. The van der Waals surface area contributed by atoms with Crippen LogP contribution < -0.4 is 0 Å². The Bertz CT molecular complexity index is 301. The summed E-state index contributed by atoms with van der Waals surface area (Å²) in [4.78, 5) is 2.02. The number of halogens is 1. The van der Waals surface area contributed by atoms with Gasteiger partial charge in [0.05, 0.1) is 12.2 Å². The average molecular weight is 289 g/mol. The van der Waals surface area contributed by atoms with Gasteiger partial charge in [-0.25, -0.2) is 4.39 Å². The van der Waals surface area contributed by atoms with Crippen molar-refractivity contribution in [3.63, 3.8) is 0 Å². The fraction of sp³-hybridized carbons (Fsp3) is 1.00. The van der Waals surface area contributed by atoms with Gasteiger partial charge in [0.1, 0.15) is 11.8 Å². The average Bonchev–Trinajstić information content (AvgIpc) is 2.35. The first-order valence-corrected chi connectivity index (χ1v) is 7.73. The molecular formula is C15H28FNO3. The van der Waals surface area contributed by atoms with Crippen LogP contribution in [0.25, 0.3) is 0 Å². The maximum Gasteiger partial charge on any atom is 0.108 e. The maximum absolute atomic E-state index is 13.9. The normalized spacial score (nSPS) is 40.8. The van der Waals surface area contributed by atoms with Gasteiger partial charge in [-0.05, 0) is 51.4 Å². The first-order valence-electron chi connectivity index (χ1n) is 7.73. The van der Waals surface area contributed by atoms with Crippen LogP contribution >= 0.6 is 0 Å². The van der Waals surface area contributed by atoms with Gasteiger partial charge in [-0.15, -0.1) is 0 Å². The predicted octanol–water partition coefficient (Wildman–Crippen LogP) is 0.939. The summed E-state index contributed by atoms with van der Waals surface area (Å²) in [6.45, 7) is 4.97. The first kappa shape index (κ1) is 16.1. The minimum absolute atomic E-state index is 0.151. The van der Waals surface area contributed by atoms with E-state index in [9.17, 15) is 19.7 Å². The van der Waals surface area contributed by atoms with Crippen LogP contribution in [-0.4, -0.2) is 63.8 Å². The van der Waals surface area contributed by atoms with Gasteiger partial charge >= 0.3 is 0 Å². The quantitative estimate of drug-likeness (QED) is 0.723. The van der Waals surface area contributed by atoms with Crippen molar-refractivity contribution in [1.29, 1.82) is 0 Å². The Morgan fingerprint density at radius 1 is 1.00 bits per heavy atom. The fourth-order valence-electron chi connectivity index (χ4n) is 3.62. The molecule has 1 aliphatic carbocycles. The summed E-state index contributed by atoms with van der Waals surface area (Å²) in [7, 11) is 0. The molecular weight excluding hydrogens is 261 g/mol. The zero-order chi connectivity index (χ0) is 14.9. The van der Waals surface area contributed by atoms with Crippen LogP contribution in [0.2, 0.25) is 0 Å². The molecule has 3 atom stereocenters. The Hall–Kier alpha value is -0.230. The van der Waals surface area contributed by atoms with Crippen molar-refractivity contribution >= 4 is 0 Å². The molecule has 118 valence electrons. The number of rotatable bonds is 3. The minimum Gasteiger partial charge on any atom is -0.389 e. The van der Waals surface area contributed by atoms with Crippen molar-refractivity contribution in [3.05, 3.63) is 0 Å². The zero-order valence-electron chi connectivity index (χ0n) is 12.5. The van der Waals surface area contributed by atoms with Gasteiger partial charge in [-0.3, -0.25) is 4.90 Å². The Kier molecular flexibility index (Phi) is 5.05. The molecule has 0 radical (unpaired) electrons. The highest BCUT2D eigenvalue weighted by atomic mass is 19.1. The third-order valence-electron chi connectivity index (χ3n) is 5.01. The van der Waals surface area contributed by atoms with E-state index in [0.717, 1.165) is 32.2 Å². The Labute approximate surface area is 120 Å². The molecule has 2 aliphatic rings. The van der Waals surface area contributed by atoms with E-state index in [1.54, 1.807) is 13.8 Å². The number of aliphatic hydroxyl groups excluding tert-OH is 3. The van der Waals surface area contributed by atoms with Crippen molar-refractivity contribution in [3.8, 4) is 0 Å². The molecule has 3 N–H and O–H groups in total. The molecule has 0 bridgehead atoms. The topological polar surface area (TPSA) is 63.9 Å². The lowest BCUT2D eigenvalue weighted by Crippen LogP contribution is -2.56. The van der Waals surface area contributed by atoms with Gasteiger partial charge in [-0.1, -0.05) is 0 Å². The molecule has 0 spiro atoms. The van der Waals surface area contributed by atoms with Gasteiger partial charge in [0, 0.05) is 19.6 Å². The van der Waals surface area contributed by atoms with Crippen molar-refractivity contribution in [2.24, 2.45) is 11.8 Å². The van der Waals surface area contributed by atoms with Gasteiger partial charge in [0.25, 0.3) is 0 Å². The molecule has 0 aromatic carbocycles. The molecule has 0 aromatic rings. The molecule has 0 aromatic heterocycles.